The molecule has 0 aliphatic heterocycles. The lowest BCUT2D eigenvalue weighted by atomic mass is 9.87. The van der Waals surface area contributed by atoms with Gasteiger partial charge in [0.2, 0.25) is 0 Å². The molecule has 0 fully saturated rings. The number of nitrogens with zero attached hydrogens (tertiary/aromatic N) is 1. The van der Waals surface area contributed by atoms with E-state index in [1.54, 1.807) is 0 Å². The SMILES string of the molecule is CC[C@H]1CCc2sc(C(=O)NNS(=O)(=O)c3ccc([N+](=O)[O-])cc3)cc2C1. The molecule has 27 heavy (non-hydrogen) atoms. The number of thiophene rings is 1. The Morgan fingerprint density at radius 3 is 2.67 bits per heavy atom. The van der Waals surface area contributed by atoms with Gasteiger partial charge in [0.05, 0.1) is 14.7 Å². The van der Waals surface area contributed by atoms with E-state index in [2.05, 4.69) is 12.3 Å². The first-order valence-corrected chi connectivity index (χ1v) is 10.8. The van der Waals surface area contributed by atoms with Crippen molar-refractivity contribution in [1.82, 2.24) is 10.3 Å². The van der Waals surface area contributed by atoms with E-state index in [1.807, 2.05) is 10.9 Å². The number of aryl methyl sites for hydroxylation is 1. The van der Waals surface area contributed by atoms with Crippen LogP contribution in [0, 0.1) is 16.0 Å². The Morgan fingerprint density at radius 2 is 2.04 bits per heavy atom. The number of hydrogen-bond donors (Lipinski definition) is 2. The molecule has 0 spiro atoms. The molecule has 1 aromatic heterocycles. The third-order valence-corrected chi connectivity index (χ3v) is 7.14. The van der Waals surface area contributed by atoms with Crippen LogP contribution in [-0.2, 0) is 22.9 Å². The standard InChI is InChI=1S/C17H19N3O5S2/c1-2-11-3-8-15-12(9-11)10-16(26-15)17(21)18-19-27(24,25)14-6-4-13(5-7-14)20(22)23/h4-7,10-11,19H,2-3,8-9H2,1H3,(H,18,21)/t11-/m0/s1. The van der Waals surface area contributed by atoms with Crippen molar-refractivity contribution in [1.29, 1.82) is 0 Å². The molecule has 1 aliphatic carbocycles. The van der Waals surface area contributed by atoms with Gasteiger partial charge >= 0.3 is 0 Å². The van der Waals surface area contributed by atoms with E-state index < -0.39 is 20.9 Å². The smallest absolute Gasteiger partial charge is 0.273 e. The normalized spacial score (nSPS) is 16.6. The fourth-order valence-corrected chi connectivity index (χ4v) is 4.98. The summed E-state index contributed by atoms with van der Waals surface area (Å²) in [7, 11) is -4.02. The van der Waals surface area contributed by atoms with E-state index in [0.717, 1.165) is 49.9 Å². The Morgan fingerprint density at radius 1 is 1.33 bits per heavy atom. The van der Waals surface area contributed by atoms with Crippen LogP contribution in [0.3, 0.4) is 0 Å². The van der Waals surface area contributed by atoms with Crippen LogP contribution in [0.2, 0.25) is 0 Å². The number of carbonyl (C=O) groups excluding carboxylic acids is 1. The molecular formula is C17H19N3O5S2. The van der Waals surface area contributed by atoms with Gasteiger partial charge in [0.15, 0.2) is 0 Å². The fourth-order valence-electron chi connectivity index (χ4n) is 3.04. The number of carbonyl (C=O) groups is 1. The molecule has 10 heteroatoms. The summed E-state index contributed by atoms with van der Waals surface area (Å²) < 4.78 is 24.5. The van der Waals surface area contributed by atoms with E-state index >= 15 is 0 Å². The van der Waals surface area contributed by atoms with Gasteiger partial charge in [-0.3, -0.25) is 20.3 Å². The Balaban J connectivity index is 1.66. The maximum absolute atomic E-state index is 12.3. The summed E-state index contributed by atoms with van der Waals surface area (Å²) in [6.07, 6.45) is 4.11. The maximum atomic E-state index is 12.3. The Bertz CT molecular complexity index is 967. The van der Waals surface area contributed by atoms with Gasteiger partial charge in [0.1, 0.15) is 0 Å². The summed E-state index contributed by atoms with van der Waals surface area (Å²) in [5, 5.41) is 10.6. The van der Waals surface area contributed by atoms with Gasteiger partial charge in [0, 0.05) is 17.0 Å². The number of rotatable bonds is 6. The van der Waals surface area contributed by atoms with Gasteiger partial charge in [-0.2, -0.15) is 0 Å². The quantitative estimate of drug-likeness (QED) is 0.562. The summed E-state index contributed by atoms with van der Waals surface area (Å²) >= 11 is 1.39. The molecule has 8 nitrogen and oxygen atoms in total. The zero-order valence-corrected chi connectivity index (χ0v) is 16.2. The number of amides is 1. The molecule has 0 saturated carbocycles. The molecule has 0 bridgehead atoms. The molecule has 2 aromatic rings. The third-order valence-electron chi connectivity index (χ3n) is 4.64. The van der Waals surface area contributed by atoms with Crippen molar-refractivity contribution in [3.63, 3.8) is 0 Å². The highest BCUT2D eigenvalue weighted by atomic mass is 32.2. The van der Waals surface area contributed by atoms with Gasteiger partial charge in [-0.05, 0) is 48.9 Å². The van der Waals surface area contributed by atoms with Gasteiger partial charge < -0.3 is 0 Å². The van der Waals surface area contributed by atoms with Crippen LogP contribution < -0.4 is 10.3 Å². The largest absolute Gasteiger partial charge is 0.276 e. The minimum Gasteiger partial charge on any atom is -0.273 e. The number of nitrogens with one attached hydrogen (secondary N) is 2. The number of sulfonamides is 1. The zero-order chi connectivity index (χ0) is 19.6. The van der Waals surface area contributed by atoms with Crippen molar-refractivity contribution in [2.24, 2.45) is 5.92 Å². The third kappa shape index (κ3) is 4.34. The second-order valence-electron chi connectivity index (χ2n) is 6.39. The molecule has 1 aliphatic rings. The summed E-state index contributed by atoms with van der Waals surface area (Å²) in [5.41, 5.74) is 3.16. The molecule has 0 radical (unpaired) electrons. The number of benzene rings is 1. The lowest BCUT2D eigenvalue weighted by Gasteiger charge is -2.19. The first-order valence-electron chi connectivity index (χ1n) is 8.48. The highest BCUT2D eigenvalue weighted by Crippen LogP contribution is 2.33. The highest BCUT2D eigenvalue weighted by Gasteiger charge is 2.23. The number of hydrogen-bond acceptors (Lipinski definition) is 6. The van der Waals surface area contributed by atoms with Crippen molar-refractivity contribution in [3.05, 3.63) is 55.8 Å². The highest BCUT2D eigenvalue weighted by molar-refractivity contribution is 7.89. The molecule has 144 valence electrons. The lowest BCUT2D eigenvalue weighted by Crippen LogP contribution is -2.41. The zero-order valence-electron chi connectivity index (χ0n) is 14.6. The summed E-state index contributed by atoms with van der Waals surface area (Å²) in [5.74, 6) is 0.108. The molecule has 1 aromatic carbocycles. The second kappa shape index (κ2) is 7.75. The van der Waals surface area contributed by atoms with E-state index in [-0.39, 0.29) is 10.6 Å². The number of hydrazine groups is 1. The number of nitro groups is 1. The predicted molar refractivity (Wildman–Crippen MR) is 101 cm³/mol. The first kappa shape index (κ1) is 19.5. The van der Waals surface area contributed by atoms with Crippen LogP contribution >= 0.6 is 11.3 Å². The lowest BCUT2D eigenvalue weighted by molar-refractivity contribution is -0.384. The minimum absolute atomic E-state index is 0.176. The van der Waals surface area contributed by atoms with E-state index in [4.69, 9.17) is 0 Å². The average molecular weight is 409 g/mol. The predicted octanol–water partition coefficient (Wildman–Crippen LogP) is 2.79. The van der Waals surface area contributed by atoms with E-state index in [0.29, 0.717) is 10.8 Å². The molecule has 0 saturated heterocycles. The summed E-state index contributed by atoms with van der Waals surface area (Å²) in [6.45, 7) is 2.16. The van der Waals surface area contributed by atoms with Crippen molar-refractivity contribution < 1.29 is 18.1 Å². The van der Waals surface area contributed by atoms with Crippen LogP contribution in [0.25, 0.3) is 0 Å². The van der Waals surface area contributed by atoms with Crippen molar-refractivity contribution >= 4 is 33.0 Å². The van der Waals surface area contributed by atoms with E-state index in [1.165, 1.54) is 21.8 Å². The molecule has 1 amide bonds. The minimum atomic E-state index is -4.02. The molecule has 1 atom stereocenters. The average Bonchev–Trinajstić information content (AvgIpc) is 3.09. The first-order chi connectivity index (χ1) is 12.8. The molecular weight excluding hydrogens is 390 g/mol. The second-order valence-corrected chi connectivity index (χ2v) is 9.21. The van der Waals surface area contributed by atoms with Crippen LogP contribution in [0.5, 0.6) is 0 Å². The van der Waals surface area contributed by atoms with Crippen LogP contribution in [0.4, 0.5) is 5.69 Å². The Hall–Kier alpha value is -2.30. The maximum Gasteiger partial charge on any atom is 0.276 e. The van der Waals surface area contributed by atoms with Crippen LogP contribution in [0.15, 0.2) is 35.2 Å². The Labute approximate surface area is 160 Å². The van der Waals surface area contributed by atoms with Crippen molar-refractivity contribution in [2.45, 2.75) is 37.5 Å². The fraction of sp³-hybridized carbons (Fsp3) is 0.353. The number of non-ortho nitro benzene ring substituents is 1. The monoisotopic (exact) mass is 409 g/mol. The van der Waals surface area contributed by atoms with Gasteiger partial charge in [-0.1, -0.05) is 13.3 Å². The van der Waals surface area contributed by atoms with Crippen LogP contribution in [-0.4, -0.2) is 19.2 Å². The van der Waals surface area contributed by atoms with E-state index in [9.17, 15) is 23.3 Å². The topological polar surface area (TPSA) is 118 Å². The Kier molecular flexibility index (Phi) is 5.59. The van der Waals surface area contributed by atoms with Gasteiger partial charge in [0.25, 0.3) is 21.6 Å². The summed E-state index contributed by atoms with van der Waals surface area (Å²) in [4.78, 5) is 25.8. The number of fused-ring (bicyclic) bond motifs is 1. The van der Waals surface area contributed by atoms with Crippen molar-refractivity contribution in [3.8, 4) is 0 Å². The molecule has 1 heterocycles. The van der Waals surface area contributed by atoms with Gasteiger partial charge in [-0.25, -0.2) is 8.42 Å². The molecule has 3 rings (SSSR count). The molecule has 2 N–H and O–H groups in total. The van der Waals surface area contributed by atoms with Crippen molar-refractivity contribution in [2.75, 3.05) is 0 Å². The van der Waals surface area contributed by atoms with Crippen LogP contribution in [0.1, 0.15) is 39.9 Å². The molecule has 0 unspecified atom stereocenters. The number of nitro benzene ring substituents is 1. The van der Waals surface area contributed by atoms with Gasteiger partial charge in [-0.15, -0.1) is 16.2 Å². The summed E-state index contributed by atoms with van der Waals surface area (Å²) in [6, 6.07) is 6.24.